The second-order valence-corrected chi connectivity index (χ2v) is 4.20. The van der Waals surface area contributed by atoms with Gasteiger partial charge in [-0.25, -0.2) is 0 Å². The summed E-state index contributed by atoms with van der Waals surface area (Å²) in [7, 11) is 0. The summed E-state index contributed by atoms with van der Waals surface area (Å²) in [5.74, 6) is 0. The van der Waals surface area contributed by atoms with Crippen molar-refractivity contribution in [3.63, 3.8) is 0 Å². The molecular formula is C15H18N2. The molecule has 2 aromatic rings. The predicted molar refractivity (Wildman–Crippen MR) is 70.0 cm³/mol. The Hall–Kier alpha value is -1.70. The molecule has 0 aliphatic heterocycles. The van der Waals surface area contributed by atoms with E-state index in [-0.39, 0.29) is 0 Å². The van der Waals surface area contributed by atoms with Crippen LogP contribution in [0.15, 0.2) is 36.7 Å². The van der Waals surface area contributed by atoms with Crippen molar-refractivity contribution in [3.05, 3.63) is 59.2 Å². The number of pyridine rings is 2. The van der Waals surface area contributed by atoms with Gasteiger partial charge in [-0.1, -0.05) is 26.0 Å². The van der Waals surface area contributed by atoms with Crippen molar-refractivity contribution >= 4 is 0 Å². The third-order valence-electron chi connectivity index (χ3n) is 2.95. The summed E-state index contributed by atoms with van der Waals surface area (Å²) in [6, 6.07) is 8.47. The van der Waals surface area contributed by atoms with Crippen LogP contribution in [0.25, 0.3) is 0 Å². The van der Waals surface area contributed by atoms with E-state index in [4.69, 9.17) is 0 Å². The monoisotopic (exact) mass is 226 g/mol. The first kappa shape index (κ1) is 11.8. The van der Waals surface area contributed by atoms with Gasteiger partial charge in [-0.15, -0.1) is 0 Å². The van der Waals surface area contributed by atoms with Crippen molar-refractivity contribution in [2.45, 2.75) is 33.1 Å². The first-order valence-electron chi connectivity index (χ1n) is 6.19. The fourth-order valence-electron chi connectivity index (χ4n) is 1.72. The smallest absolute Gasteiger partial charge is 0.0463 e. The van der Waals surface area contributed by atoms with Crippen LogP contribution in [0.5, 0.6) is 0 Å². The molecule has 2 nitrogen and oxygen atoms in total. The van der Waals surface area contributed by atoms with Gasteiger partial charge in [-0.05, 0) is 36.1 Å². The highest BCUT2D eigenvalue weighted by molar-refractivity contribution is 5.21. The zero-order chi connectivity index (χ0) is 12.1. The zero-order valence-electron chi connectivity index (χ0n) is 10.5. The van der Waals surface area contributed by atoms with E-state index in [2.05, 4.69) is 48.1 Å². The van der Waals surface area contributed by atoms with Crippen LogP contribution in [0.1, 0.15) is 36.4 Å². The van der Waals surface area contributed by atoms with E-state index in [1.807, 2.05) is 12.4 Å². The van der Waals surface area contributed by atoms with Crippen LogP contribution in [-0.2, 0) is 19.3 Å². The maximum absolute atomic E-state index is 4.45. The Kier molecular flexibility index (Phi) is 3.86. The molecule has 0 fully saturated rings. The lowest BCUT2D eigenvalue weighted by molar-refractivity contribution is 0.978. The van der Waals surface area contributed by atoms with E-state index < -0.39 is 0 Å². The fraction of sp³-hybridized carbons (Fsp3) is 0.333. The largest absolute Gasteiger partial charge is 0.261 e. The lowest BCUT2D eigenvalue weighted by Gasteiger charge is -2.03. The normalized spacial score (nSPS) is 10.5. The summed E-state index contributed by atoms with van der Waals surface area (Å²) in [6.45, 7) is 4.28. The van der Waals surface area contributed by atoms with Gasteiger partial charge in [-0.3, -0.25) is 9.97 Å². The van der Waals surface area contributed by atoms with Crippen molar-refractivity contribution in [3.8, 4) is 0 Å². The number of hydrogen-bond acceptors (Lipinski definition) is 2. The summed E-state index contributed by atoms with van der Waals surface area (Å²) >= 11 is 0. The SMILES string of the molecule is CCc1ccc(Cc2ccc(CC)cn2)nc1. The van der Waals surface area contributed by atoms with Crippen LogP contribution in [-0.4, -0.2) is 9.97 Å². The van der Waals surface area contributed by atoms with Gasteiger partial charge in [0.25, 0.3) is 0 Å². The van der Waals surface area contributed by atoms with Crippen molar-refractivity contribution in [2.75, 3.05) is 0 Å². The molecule has 0 N–H and O–H groups in total. The minimum Gasteiger partial charge on any atom is -0.261 e. The lowest BCUT2D eigenvalue weighted by Crippen LogP contribution is -1.96. The molecule has 0 amide bonds. The number of hydrogen-bond donors (Lipinski definition) is 0. The Bertz CT molecular complexity index is 412. The highest BCUT2D eigenvalue weighted by Crippen LogP contribution is 2.08. The highest BCUT2D eigenvalue weighted by Gasteiger charge is 1.99. The molecule has 2 heteroatoms. The van der Waals surface area contributed by atoms with Gasteiger partial charge < -0.3 is 0 Å². The molecule has 0 radical (unpaired) electrons. The van der Waals surface area contributed by atoms with Crippen molar-refractivity contribution in [1.82, 2.24) is 9.97 Å². The molecule has 2 heterocycles. The minimum atomic E-state index is 0.813. The number of aryl methyl sites for hydroxylation is 2. The molecule has 88 valence electrons. The molecule has 2 rings (SSSR count). The van der Waals surface area contributed by atoms with Crippen molar-refractivity contribution < 1.29 is 0 Å². The van der Waals surface area contributed by atoms with Gasteiger partial charge in [0.2, 0.25) is 0 Å². The standard InChI is InChI=1S/C15H18N2/c1-3-12-5-7-14(16-10-12)9-15-8-6-13(4-2)11-17-15/h5-8,10-11H,3-4,9H2,1-2H3. The average molecular weight is 226 g/mol. The number of nitrogens with zero attached hydrogens (tertiary/aromatic N) is 2. The second-order valence-electron chi connectivity index (χ2n) is 4.20. The molecule has 0 saturated heterocycles. The topological polar surface area (TPSA) is 25.8 Å². The Morgan fingerprint density at radius 2 is 1.24 bits per heavy atom. The van der Waals surface area contributed by atoms with Gasteiger partial charge >= 0.3 is 0 Å². The Morgan fingerprint density at radius 1 is 0.765 bits per heavy atom. The van der Waals surface area contributed by atoms with Gasteiger partial charge in [0.05, 0.1) is 0 Å². The van der Waals surface area contributed by atoms with Crippen LogP contribution in [0.4, 0.5) is 0 Å². The average Bonchev–Trinajstić information content (AvgIpc) is 2.40. The van der Waals surface area contributed by atoms with E-state index in [1.54, 1.807) is 0 Å². The molecule has 2 aromatic heterocycles. The first-order chi connectivity index (χ1) is 8.31. The molecule has 0 spiro atoms. The van der Waals surface area contributed by atoms with Gasteiger partial charge in [-0.2, -0.15) is 0 Å². The Morgan fingerprint density at radius 3 is 1.53 bits per heavy atom. The van der Waals surface area contributed by atoms with Crippen LogP contribution < -0.4 is 0 Å². The quantitative estimate of drug-likeness (QED) is 0.800. The van der Waals surface area contributed by atoms with Crippen LogP contribution in [0, 0.1) is 0 Å². The van der Waals surface area contributed by atoms with E-state index in [0.717, 1.165) is 30.7 Å². The van der Waals surface area contributed by atoms with Gasteiger partial charge in [0.15, 0.2) is 0 Å². The third kappa shape index (κ3) is 3.13. The molecule has 0 unspecified atom stereocenters. The third-order valence-corrected chi connectivity index (χ3v) is 2.95. The van der Waals surface area contributed by atoms with Gasteiger partial charge in [0.1, 0.15) is 0 Å². The minimum absolute atomic E-state index is 0.813. The zero-order valence-corrected chi connectivity index (χ0v) is 10.5. The maximum atomic E-state index is 4.45. The molecule has 0 aliphatic rings. The van der Waals surface area contributed by atoms with Crippen LogP contribution in [0.3, 0.4) is 0 Å². The van der Waals surface area contributed by atoms with E-state index in [1.165, 1.54) is 11.1 Å². The summed E-state index contributed by atoms with van der Waals surface area (Å²) in [4.78, 5) is 8.89. The fourth-order valence-corrected chi connectivity index (χ4v) is 1.72. The summed E-state index contributed by atoms with van der Waals surface area (Å²) in [6.07, 6.45) is 6.80. The van der Waals surface area contributed by atoms with Gasteiger partial charge in [0, 0.05) is 30.2 Å². The second kappa shape index (κ2) is 5.58. The number of rotatable bonds is 4. The summed E-state index contributed by atoms with van der Waals surface area (Å²) in [5.41, 5.74) is 4.73. The maximum Gasteiger partial charge on any atom is 0.0463 e. The van der Waals surface area contributed by atoms with E-state index >= 15 is 0 Å². The lowest BCUT2D eigenvalue weighted by atomic mass is 10.1. The molecule has 17 heavy (non-hydrogen) atoms. The molecule has 0 aromatic carbocycles. The van der Waals surface area contributed by atoms with E-state index in [9.17, 15) is 0 Å². The molecule has 0 bridgehead atoms. The summed E-state index contributed by atoms with van der Waals surface area (Å²) in [5, 5.41) is 0. The van der Waals surface area contributed by atoms with Crippen molar-refractivity contribution in [2.24, 2.45) is 0 Å². The van der Waals surface area contributed by atoms with Crippen LogP contribution in [0.2, 0.25) is 0 Å². The molecule has 0 aliphatic carbocycles. The molecule has 0 atom stereocenters. The summed E-state index contributed by atoms with van der Waals surface area (Å²) < 4.78 is 0. The predicted octanol–water partition coefficient (Wildman–Crippen LogP) is 3.19. The van der Waals surface area contributed by atoms with Crippen molar-refractivity contribution in [1.29, 1.82) is 0 Å². The van der Waals surface area contributed by atoms with E-state index in [0.29, 0.717) is 0 Å². The Balaban J connectivity index is 2.08. The molecular weight excluding hydrogens is 208 g/mol. The first-order valence-corrected chi connectivity index (χ1v) is 6.19. The highest BCUT2D eigenvalue weighted by atomic mass is 14.7. The Labute approximate surface area is 103 Å². The van der Waals surface area contributed by atoms with Crippen LogP contribution >= 0.6 is 0 Å². The molecule has 0 saturated carbocycles. The number of aromatic nitrogens is 2.